The monoisotopic (exact) mass is 277 g/mol. The number of nitrogens with zero attached hydrogens (tertiary/aromatic N) is 1. The van der Waals surface area contributed by atoms with Crippen molar-refractivity contribution in [2.24, 2.45) is 5.92 Å². The maximum absolute atomic E-state index is 13.9. The zero-order valence-corrected chi connectivity index (χ0v) is 11.8. The molecule has 2 fully saturated rings. The van der Waals surface area contributed by atoms with Crippen molar-refractivity contribution in [3.63, 3.8) is 0 Å². The van der Waals surface area contributed by atoms with Crippen molar-refractivity contribution >= 4 is 5.97 Å². The molecule has 3 rings (SSSR count). The quantitative estimate of drug-likeness (QED) is 0.749. The van der Waals surface area contributed by atoms with Gasteiger partial charge in [-0.15, -0.1) is 0 Å². The second kappa shape index (κ2) is 5.52. The third kappa shape index (κ3) is 3.18. The molecular formula is C16H20FNO2. The summed E-state index contributed by atoms with van der Waals surface area (Å²) in [5.74, 6) is -0.266. The van der Waals surface area contributed by atoms with E-state index >= 15 is 0 Å². The molecule has 4 heteroatoms. The number of ether oxygens (including phenoxy) is 1. The van der Waals surface area contributed by atoms with Crippen molar-refractivity contribution < 1.29 is 13.9 Å². The first-order valence-corrected chi connectivity index (χ1v) is 7.28. The Hall–Kier alpha value is -1.42. The normalized spacial score (nSPS) is 18.4. The van der Waals surface area contributed by atoms with Crippen LogP contribution in [-0.4, -0.2) is 30.6 Å². The lowest BCUT2D eigenvalue weighted by atomic mass is 10.1. The van der Waals surface area contributed by atoms with Gasteiger partial charge in [0.05, 0.1) is 12.7 Å². The Bertz CT molecular complexity index is 509. The highest BCUT2D eigenvalue weighted by Crippen LogP contribution is 2.35. The molecule has 0 radical (unpaired) electrons. The van der Waals surface area contributed by atoms with Crippen molar-refractivity contribution in [2.75, 3.05) is 13.7 Å². The van der Waals surface area contributed by atoms with Gasteiger partial charge in [-0.1, -0.05) is 6.07 Å². The Morgan fingerprint density at radius 3 is 2.65 bits per heavy atom. The predicted octanol–water partition coefficient (Wildman–Crippen LogP) is 2.99. The fourth-order valence-electron chi connectivity index (χ4n) is 2.58. The lowest BCUT2D eigenvalue weighted by Gasteiger charge is -2.22. The van der Waals surface area contributed by atoms with Gasteiger partial charge in [-0.05, 0) is 49.3 Å². The summed E-state index contributed by atoms with van der Waals surface area (Å²) in [4.78, 5) is 13.8. The van der Waals surface area contributed by atoms with E-state index in [1.165, 1.54) is 44.9 Å². The summed E-state index contributed by atoms with van der Waals surface area (Å²) in [5.41, 5.74) is 0.944. The van der Waals surface area contributed by atoms with Crippen molar-refractivity contribution in [3.05, 3.63) is 35.1 Å². The molecule has 0 aromatic heterocycles. The van der Waals surface area contributed by atoms with E-state index in [1.807, 2.05) is 6.07 Å². The molecule has 0 bridgehead atoms. The van der Waals surface area contributed by atoms with Gasteiger partial charge in [0.25, 0.3) is 0 Å². The van der Waals surface area contributed by atoms with Gasteiger partial charge in [-0.3, -0.25) is 4.90 Å². The topological polar surface area (TPSA) is 29.5 Å². The third-order valence-electron chi connectivity index (χ3n) is 4.08. The van der Waals surface area contributed by atoms with Crippen LogP contribution in [0.25, 0.3) is 0 Å². The Morgan fingerprint density at radius 1 is 1.35 bits per heavy atom. The largest absolute Gasteiger partial charge is 0.465 e. The molecule has 1 aromatic rings. The van der Waals surface area contributed by atoms with Crippen LogP contribution in [0.4, 0.5) is 4.39 Å². The van der Waals surface area contributed by atoms with Crippen molar-refractivity contribution in [1.29, 1.82) is 0 Å². The number of halogens is 1. The van der Waals surface area contributed by atoms with Crippen molar-refractivity contribution in [2.45, 2.75) is 38.3 Å². The van der Waals surface area contributed by atoms with E-state index in [9.17, 15) is 9.18 Å². The smallest absolute Gasteiger partial charge is 0.340 e. The van der Waals surface area contributed by atoms with Crippen LogP contribution in [0, 0.1) is 11.7 Å². The van der Waals surface area contributed by atoms with Gasteiger partial charge in [0.2, 0.25) is 0 Å². The molecule has 2 saturated carbocycles. The molecule has 0 heterocycles. The maximum atomic E-state index is 13.9. The summed E-state index contributed by atoms with van der Waals surface area (Å²) in [6.07, 6.45) is 5.18. The first kappa shape index (κ1) is 13.6. The van der Waals surface area contributed by atoms with E-state index in [1.54, 1.807) is 0 Å². The number of carbonyl (C=O) groups is 1. The Balaban J connectivity index is 1.69. The van der Waals surface area contributed by atoms with Crippen LogP contribution in [0.15, 0.2) is 18.2 Å². The van der Waals surface area contributed by atoms with Crippen LogP contribution in [0.2, 0.25) is 0 Å². The zero-order valence-electron chi connectivity index (χ0n) is 11.8. The molecule has 20 heavy (non-hydrogen) atoms. The minimum atomic E-state index is -0.619. The lowest BCUT2D eigenvalue weighted by molar-refractivity contribution is 0.0595. The molecule has 1 aromatic carbocycles. The number of rotatable bonds is 6. The van der Waals surface area contributed by atoms with Gasteiger partial charge in [-0.25, -0.2) is 9.18 Å². The number of benzene rings is 1. The molecule has 0 N–H and O–H groups in total. The summed E-state index contributed by atoms with van der Waals surface area (Å²) < 4.78 is 18.5. The molecule has 0 saturated heterocycles. The van der Waals surface area contributed by atoms with Crippen LogP contribution in [-0.2, 0) is 11.3 Å². The predicted molar refractivity (Wildman–Crippen MR) is 73.9 cm³/mol. The van der Waals surface area contributed by atoms with Crippen molar-refractivity contribution in [1.82, 2.24) is 4.90 Å². The molecule has 0 atom stereocenters. The Kier molecular flexibility index (Phi) is 3.74. The van der Waals surface area contributed by atoms with Crippen molar-refractivity contribution in [3.8, 4) is 0 Å². The second-order valence-electron chi connectivity index (χ2n) is 5.91. The van der Waals surface area contributed by atoms with E-state index in [-0.39, 0.29) is 5.56 Å². The molecule has 3 nitrogen and oxygen atoms in total. The van der Waals surface area contributed by atoms with Crippen LogP contribution in [0.5, 0.6) is 0 Å². The van der Waals surface area contributed by atoms with Gasteiger partial charge in [0.15, 0.2) is 0 Å². The molecule has 0 aliphatic heterocycles. The fraction of sp³-hybridized carbons (Fsp3) is 0.562. The molecule has 2 aliphatic rings. The minimum absolute atomic E-state index is 0.0106. The highest BCUT2D eigenvalue weighted by atomic mass is 19.1. The van der Waals surface area contributed by atoms with E-state index in [0.29, 0.717) is 6.04 Å². The van der Waals surface area contributed by atoms with Crippen LogP contribution in [0.3, 0.4) is 0 Å². The first-order valence-electron chi connectivity index (χ1n) is 7.28. The first-order chi connectivity index (χ1) is 9.67. The summed E-state index contributed by atoms with van der Waals surface area (Å²) >= 11 is 0. The number of hydrogen-bond donors (Lipinski definition) is 0. The molecule has 0 unspecified atom stereocenters. The molecule has 0 amide bonds. The average Bonchev–Trinajstić information content (AvgIpc) is 3.29. The van der Waals surface area contributed by atoms with Gasteiger partial charge < -0.3 is 4.74 Å². The van der Waals surface area contributed by atoms with Crippen LogP contribution < -0.4 is 0 Å². The van der Waals surface area contributed by atoms with E-state index in [2.05, 4.69) is 9.64 Å². The molecule has 2 aliphatic carbocycles. The van der Waals surface area contributed by atoms with E-state index < -0.39 is 11.8 Å². The highest BCUT2D eigenvalue weighted by molar-refractivity contribution is 5.89. The maximum Gasteiger partial charge on any atom is 0.340 e. The second-order valence-corrected chi connectivity index (χ2v) is 5.91. The summed E-state index contributed by atoms with van der Waals surface area (Å²) in [7, 11) is 1.26. The molecule has 0 spiro atoms. The van der Waals surface area contributed by atoms with Gasteiger partial charge in [-0.2, -0.15) is 0 Å². The summed E-state index contributed by atoms with van der Waals surface area (Å²) in [6, 6.07) is 5.50. The fourth-order valence-corrected chi connectivity index (χ4v) is 2.58. The molecule has 108 valence electrons. The Morgan fingerprint density at radius 2 is 2.10 bits per heavy atom. The van der Waals surface area contributed by atoms with E-state index in [4.69, 9.17) is 0 Å². The van der Waals surface area contributed by atoms with Gasteiger partial charge in [0.1, 0.15) is 5.82 Å². The number of hydrogen-bond acceptors (Lipinski definition) is 3. The van der Waals surface area contributed by atoms with Gasteiger partial charge >= 0.3 is 5.97 Å². The van der Waals surface area contributed by atoms with Crippen LogP contribution in [0.1, 0.15) is 41.6 Å². The number of methoxy groups -OCH3 is 1. The third-order valence-corrected chi connectivity index (χ3v) is 4.08. The highest BCUT2D eigenvalue weighted by Gasteiger charge is 2.33. The van der Waals surface area contributed by atoms with Crippen LogP contribution >= 0.6 is 0 Å². The number of carbonyl (C=O) groups excluding carboxylic acids is 1. The number of esters is 1. The average molecular weight is 277 g/mol. The summed E-state index contributed by atoms with van der Waals surface area (Å²) in [5, 5.41) is 0. The molecular weight excluding hydrogens is 257 g/mol. The zero-order chi connectivity index (χ0) is 14.1. The Labute approximate surface area is 118 Å². The summed E-state index contributed by atoms with van der Waals surface area (Å²) in [6.45, 7) is 1.91. The standard InChI is InChI=1S/C16H20FNO2/c1-20-16(19)14-7-4-12(8-15(14)17)10-18(13-5-6-13)9-11-2-3-11/h4,7-8,11,13H,2-3,5-6,9-10H2,1H3. The minimum Gasteiger partial charge on any atom is -0.465 e. The van der Waals surface area contributed by atoms with Gasteiger partial charge in [0, 0.05) is 19.1 Å². The lowest BCUT2D eigenvalue weighted by Crippen LogP contribution is -2.27. The van der Waals surface area contributed by atoms with E-state index in [0.717, 1.165) is 24.6 Å². The SMILES string of the molecule is COC(=O)c1ccc(CN(CC2CC2)C2CC2)cc1F.